The van der Waals surface area contributed by atoms with Gasteiger partial charge in [-0.2, -0.15) is 0 Å². The van der Waals surface area contributed by atoms with Crippen LogP contribution >= 0.6 is 0 Å². The average Bonchev–Trinajstić information content (AvgIpc) is 2.46. The number of methoxy groups -OCH3 is 1. The lowest BCUT2D eigenvalue weighted by Crippen LogP contribution is -2.42. The van der Waals surface area contributed by atoms with Crippen molar-refractivity contribution < 1.29 is 14.3 Å². The molecule has 1 heterocycles. The minimum absolute atomic E-state index is 0.139. The number of nitrogens with zero attached hydrogens (tertiary/aromatic N) is 1. The Hall–Kier alpha value is -1.62. The van der Waals surface area contributed by atoms with E-state index < -0.39 is 5.60 Å². The smallest absolute Gasteiger partial charge is 0.256 e. The van der Waals surface area contributed by atoms with Crippen LogP contribution in [0, 0.1) is 0 Å². The highest BCUT2D eigenvalue weighted by atomic mass is 16.5. The standard InChI is InChI=1S/C15H24N2O3/c1-5-7-10-15(3,20-6-2)14(18)17-12-8-9-13(19-4)16-11-12/h8-9,11H,5-7,10H2,1-4H3,(H,17,18). The summed E-state index contributed by atoms with van der Waals surface area (Å²) in [6, 6.07) is 3.47. The molecule has 20 heavy (non-hydrogen) atoms. The van der Waals surface area contributed by atoms with Gasteiger partial charge in [-0.25, -0.2) is 4.98 Å². The Morgan fingerprint density at radius 2 is 2.15 bits per heavy atom. The number of pyridine rings is 1. The lowest BCUT2D eigenvalue weighted by atomic mass is 9.97. The summed E-state index contributed by atoms with van der Waals surface area (Å²) in [6.07, 6.45) is 4.25. The predicted octanol–water partition coefficient (Wildman–Crippen LogP) is 3.01. The number of rotatable bonds is 8. The van der Waals surface area contributed by atoms with Crippen molar-refractivity contribution >= 4 is 11.6 Å². The summed E-state index contributed by atoms with van der Waals surface area (Å²) in [5.41, 5.74) is -0.164. The maximum Gasteiger partial charge on any atom is 0.256 e. The third-order valence-corrected chi connectivity index (χ3v) is 3.15. The van der Waals surface area contributed by atoms with Crippen LogP contribution < -0.4 is 10.1 Å². The largest absolute Gasteiger partial charge is 0.481 e. The fourth-order valence-corrected chi connectivity index (χ4v) is 1.92. The number of aromatic nitrogens is 1. The van der Waals surface area contributed by atoms with Gasteiger partial charge in [0.05, 0.1) is 19.0 Å². The van der Waals surface area contributed by atoms with E-state index in [0.29, 0.717) is 24.6 Å². The lowest BCUT2D eigenvalue weighted by molar-refractivity contribution is -0.139. The maximum atomic E-state index is 12.4. The van der Waals surface area contributed by atoms with E-state index in [2.05, 4.69) is 17.2 Å². The molecule has 112 valence electrons. The van der Waals surface area contributed by atoms with Crippen LogP contribution in [0.4, 0.5) is 5.69 Å². The molecule has 0 saturated heterocycles. The molecular weight excluding hydrogens is 256 g/mol. The summed E-state index contributed by atoms with van der Waals surface area (Å²) in [4.78, 5) is 16.5. The molecule has 1 aromatic rings. The quantitative estimate of drug-likeness (QED) is 0.795. The highest BCUT2D eigenvalue weighted by Crippen LogP contribution is 2.22. The number of unbranched alkanes of at least 4 members (excludes halogenated alkanes) is 1. The molecule has 0 fully saturated rings. The second-order valence-corrected chi connectivity index (χ2v) is 4.81. The van der Waals surface area contributed by atoms with E-state index in [9.17, 15) is 4.79 Å². The van der Waals surface area contributed by atoms with Gasteiger partial charge >= 0.3 is 0 Å². The highest BCUT2D eigenvalue weighted by Gasteiger charge is 2.33. The number of hydrogen-bond acceptors (Lipinski definition) is 4. The van der Waals surface area contributed by atoms with Crippen molar-refractivity contribution in [2.75, 3.05) is 19.0 Å². The predicted molar refractivity (Wildman–Crippen MR) is 79.0 cm³/mol. The zero-order valence-electron chi connectivity index (χ0n) is 12.7. The Bertz CT molecular complexity index is 420. The first kappa shape index (κ1) is 16.4. The summed E-state index contributed by atoms with van der Waals surface area (Å²) in [6.45, 7) is 6.33. The SMILES string of the molecule is CCCCC(C)(OCC)C(=O)Nc1ccc(OC)nc1. The average molecular weight is 280 g/mol. The van der Waals surface area contributed by atoms with Crippen molar-refractivity contribution in [3.05, 3.63) is 18.3 Å². The normalized spacial score (nSPS) is 13.6. The number of carbonyl (C=O) groups is 1. The van der Waals surface area contributed by atoms with Crippen molar-refractivity contribution in [2.24, 2.45) is 0 Å². The molecule has 0 saturated carbocycles. The molecule has 1 N–H and O–H groups in total. The van der Waals surface area contributed by atoms with E-state index >= 15 is 0 Å². The van der Waals surface area contributed by atoms with Crippen LogP contribution in [0.25, 0.3) is 0 Å². The number of carbonyl (C=O) groups excluding carboxylic acids is 1. The number of anilines is 1. The molecule has 1 unspecified atom stereocenters. The van der Waals surface area contributed by atoms with Gasteiger partial charge in [-0.05, 0) is 26.3 Å². The lowest BCUT2D eigenvalue weighted by Gasteiger charge is -2.28. The molecule has 0 aliphatic carbocycles. The second-order valence-electron chi connectivity index (χ2n) is 4.81. The van der Waals surface area contributed by atoms with Crippen molar-refractivity contribution in [3.63, 3.8) is 0 Å². The second kappa shape index (κ2) is 7.85. The van der Waals surface area contributed by atoms with Gasteiger partial charge in [0.1, 0.15) is 5.60 Å². The van der Waals surface area contributed by atoms with Crippen molar-refractivity contribution in [3.8, 4) is 5.88 Å². The van der Waals surface area contributed by atoms with Gasteiger partial charge in [0.15, 0.2) is 0 Å². The number of ether oxygens (including phenoxy) is 2. The molecule has 1 atom stereocenters. The Morgan fingerprint density at radius 1 is 1.40 bits per heavy atom. The molecule has 0 aliphatic heterocycles. The molecule has 5 nitrogen and oxygen atoms in total. The van der Waals surface area contributed by atoms with Gasteiger partial charge < -0.3 is 14.8 Å². The van der Waals surface area contributed by atoms with Crippen molar-refractivity contribution in [1.29, 1.82) is 0 Å². The first-order valence-corrected chi connectivity index (χ1v) is 7.01. The van der Waals surface area contributed by atoms with Crippen LogP contribution in [-0.4, -0.2) is 30.2 Å². The summed E-state index contributed by atoms with van der Waals surface area (Å²) in [7, 11) is 1.55. The van der Waals surface area contributed by atoms with Crippen LogP contribution in [-0.2, 0) is 9.53 Å². The molecular formula is C15H24N2O3. The first-order chi connectivity index (χ1) is 9.55. The van der Waals surface area contributed by atoms with E-state index in [-0.39, 0.29) is 5.91 Å². The van der Waals surface area contributed by atoms with E-state index in [1.807, 2.05) is 13.8 Å². The van der Waals surface area contributed by atoms with Crippen LogP contribution in [0.5, 0.6) is 5.88 Å². The molecule has 0 aromatic carbocycles. The molecule has 1 rings (SSSR count). The molecule has 0 aliphatic rings. The van der Waals surface area contributed by atoms with Crippen LogP contribution in [0.2, 0.25) is 0 Å². The Morgan fingerprint density at radius 3 is 2.65 bits per heavy atom. The van der Waals surface area contributed by atoms with Crippen LogP contribution in [0.15, 0.2) is 18.3 Å². The third kappa shape index (κ3) is 4.49. The Labute approximate surface area is 120 Å². The van der Waals surface area contributed by atoms with Gasteiger partial charge in [-0.1, -0.05) is 19.8 Å². The fraction of sp³-hybridized carbons (Fsp3) is 0.600. The first-order valence-electron chi connectivity index (χ1n) is 7.01. The zero-order chi connectivity index (χ0) is 15.0. The third-order valence-electron chi connectivity index (χ3n) is 3.15. The topological polar surface area (TPSA) is 60.5 Å². The van der Waals surface area contributed by atoms with E-state index in [1.54, 1.807) is 25.4 Å². The zero-order valence-corrected chi connectivity index (χ0v) is 12.7. The molecule has 0 spiro atoms. The molecule has 0 radical (unpaired) electrons. The number of hydrogen-bond donors (Lipinski definition) is 1. The summed E-state index contributed by atoms with van der Waals surface area (Å²) < 4.78 is 10.6. The minimum atomic E-state index is -0.801. The van der Waals surface area contributed by atoms with E-state index in [0.717, 1.165) is 12.8 Å². The van der Waals surface area contributed by atoms with Gasteiger partial charge in [-0.15, -0.1) is 0 Å². The molecule has 5 heteroatoms. The van der Waals surface area contributed by atoms with Crippen molar-refractivity contribution in [1.82, 2.24) is 4.98 Å². The molecule has 1 amide bonds. The highest BCUT2D eigenvalue weighted by molar-refractivity contribution is 5.96. The minimum Gasteiger partial charge on any atom is -0.481 e. The van der Waals surface area contributed by atoms with E-state index in [1.165, 1.54) is 0 Å². The Balaban J connectivity index is 2.73. The summed E-state index contributed by atoms with van der Waals surface area (Å²) in [5, 5.41) is 2.85. The summed E-state index contributed by atoms with van der Waals surface area (Å²) >= 11 is 0. The van der Waals surface area contributed by atoms with Crippen molar-refractivity contribution in [2.45, 2.75) is 45.6 Å². The van der Waals surface area contributed by atoms with Crippen LogP contribution in [0.3, 0.4) is 0 Å². The van der Waals surface area contributed by atoms with Gasteiger partial charge in [0.25, 0.3) is 5.91 Å². The van der Waals surface area contributed by atoms with Crippen LogP contribution in [0.1, 0.15) is 40.0 Å². The summed E-state index contributed by atoms with van der Waals surface area (Å²) in [5.74, 6) is 0.376. The number of amides is 1. The van der Waals surface area contributed by atoms with Gasteiger partial charge in [0, 0.05) is 12.7 Å². The van der Waals surface area contributed by atoms with Gasteiger partial charge in [0.2, 0.25) is 5.88 Å². The monoisotopic (exact) mass is 280 g/mol. The number of nitrogens with one attached hydrogen (secondary N) is 1. The maximum absolute atomic E-state index is 12.4. The van der Waals surface area contributed by atoms with Gasteiger partial charge in [-0.3, -0.25) is 4.79 Å². The van der Waals surface area contributed by atoms with E-state index in [4.69, 9.17) is 9.47 Å². The fourth-order valence-electron chi connectivity index (χ4n) is 1.92. The molecule has 0 bridgehead atoms. The molecule has 1 aromatic heterocycles. The Kier molecular flexibility index (Phi) is 6.45.